The minimum Gasteiger partial charge on any atom is -0.332 e. The van der Waals surface area contributed by atoms with Crippen molar-refractivity contribution in [1.82, 2.24) is 39.4 Å². The van der Waals surface area contributed by atoms with Crippen LogP contribution in [0.3, 0.4) is 0 Å². The summed E-state index contributed by atoms with van der Waals surface area (Å²) < 4.78 is 8.59. The Hall–Kier alpha value is -6.58. The van der Waals surface area contributed by atoms with E-state index in [0.717, 1.165) is 54.0 Å². The second-order valence-corrected chi connectivity index (χ2v) is 18.5. The Morgan fingerprint density at radius 1 is 0.869 bits per heavy atom. The Labute approximate surface area is 366 Å². The highest BCUT2D eigenvalue weighted by molar-refractivity contribution is 8.02. The van der Waals surface area contributed by atoms with Gasteiger partial charge in [-0.05, 0) is 54.1 Å². The molecule has 15 nitrogen and oxygen atoms in total. The summed E-state index contributed by atoms with van der Waals surface area (Å²) in [5.41, 5.74) is 5.25. The highest BCUT2D eigenvalue weighted by atomic mass is 32.2. The van der Waals surface area contributed by atoms with E-state index in [4.69, 9.17) is 4.98 Å². The van der Waals surface area contributed by atoms with Crippen molar-refractivity contribution in [3.63, 3.8) is 0 Å². The topological polar surface area (TPSA) is 180 Å². The number of rotatable bonds is 11. The van der Waals surface area contributed by atoms with Crippen molar-refractivity contribution in [1.29, 1.82) is 0 Å². The smallest absolute Gasteiger partial charge is 0.301 e. The summed E-state index contributed by atoms with van der Waals surface area (Å²) in [4.78, 5) is 56.8. The molecule has 2 amide bonds. The van der Waals surface area contributed by atoms with Gasteiger partial charge in [0.1, 0.15) is 4.88 Å². The molecule has 61 heavy (non-hydrogen) atoms. The number of thiophene rings is 1. The van der Waals surface area contributed by atoms with Crippen molar-refractivity contribution in [2.24, 2.45) is 10.2 Å². The molecule has 1 aliphatic rings. The van der Waals surface area contributed by atoms with Gasteiger partial charge < -0.3 is 9.62 Å². The van der Waals surface area contributed by atoms with Gasteiger partial charge in [0, 0.05) is 35.3 Å². The fraction of sp³-hybridized carbons (Fsp3) is 0.0976. The van der Waals surface area contributed by atoms with Crippen LogP contribution in [0.25, 0.3) is 37.9 Å². The minimum atomic E-state index is -0.426. The van der Waals surface area contributed by atoms with Crippen LogP contribution in [0.2, 0.25) is 0 Å². The van der Waals surface area contributed by atoms with E-state index in [9.17, 15) is 14.4 Å². The molecular weight excluding hydrogens is 869 g/mol. The van der Waals surface area contributed by atoms with Gasteiger partial charge in [-0.25, -0.2) is 15.0 Å². The van der Waals surface area contributed by atoms with Crippen molar-refractivity contribution < 1.29 is 9.59 Å². The van der Waals surface area contributed by atoms with Gasteiger partial charge in [-0.15, -0.1) is 32.9 Å². The number of fused-ring (bicyclic) bond motifs is 2. The standard InChI is InChI=1S/C41H30N12O3S5/c54-36(45-40-43-28-15-14-26(19-31(28)59-40)50-61-33-13-7-18-57-33)29-20-27-22-51(16-8-17-52(27)48-29)37(55)32-21-42-39(60-32)47-46-35-34(25-11-5-2-6-12-25)49-53(38(35)56)41-44-30(23-58-41)24-9-3-1-4-10-24/h1-7,9-15,18-21,23,49-50H,8,16-17,22H2,(H,43,45,54). The molecule has 9 aromatic rings. The van der Waals surface area contributed by atoms with Crippen molar-refractivity contribution in [2.45, 2.75) is 23.7 Å². The fourth-order valence-corrected chi connectivity index (χ4v) is 10.4. The predicted molar refractivity (Wildman–Crippen MR) is 242 cm³/mol. The molecule has 0 saturated heterocycles. The minimum absolute atomic E-state index is 0.0839. The number of aryl methyl sites for hydroxylation is 1. The zero-order valence-corrected chi connectivity index (χ0v) is 35.7. The number of amides is 2. The van der Waals surface area contributed by atoms with Crippen LogP contribution in [-0.4, -0.2) is 57.8 Å². The molecule has 302 valence electrons. The number of carbonyl (C=O) groups is 2. The van der Waals surface area contributed by atoms with Crippen LogP contribution in [0.1, 0.15) is 32.3 Å². The summed E-state index contributed by atoms with van der Waals surface area (Å²) in [5.74, 6) is -0.613. The first-order chi connectivity index (χ1) is 29.9. The first kappa shape index (κ1) is 38.6. The van der Waals surface area contributed by atoms with Crippen molar-refractivity contribution in [2.75, 3.05) is 16.6 Å². The van der Waals surface area contributed by atoms with Gasteiger partial charge in [0.15, 0.2) is 16.5 Å². The maximum absolute atomic E-state index is 13.8. The molecule has 6 aromatic heterocycles. The zero-order valence-electron chi connectivity index (χ0n) is 31.6. The lowest BCUT2D eigenvalue weighted by molar-refractivity contribution is 0.0750. The third-order valence-electron chi connectivity index (χ3n) is 9.53. The lowest BCUT2D eigenvalue weighted by Crippen LogP contribution is -2.30. The molecule has 0 aliphatic carbocycles. The summed E-state index contributed by atoms with van der Waals surface area (Å²) in [5, 5.41) is 24.4. The normalized spacial score (nSPS) is 12.8. The molecule has 10 rings (SSSR count). The lowest BCUT2D eigenvalue weighted by atomic mass is 10.1. The predicted octanol–water partition coefficient (Wildman–Crippen LogP) is 10.1. The van der Waals surface area contributed by atoms with Crippen LogP contribution in [0.4, 0.5) is 21.6 Å². The second kappa shape index (κ2) is 16.8. The van der Waals surface area contributed by atoms with Gasteiger partial charge >= 0.3 is 5.56 Å². The average molecular weight is 899 g/mol. The molecule has 0 bridgehead atoms. The molecule has 7 heterocycles. The number of aromatic amines is 1. The number of hydrogen-bond donors (Lipinski definition) is 3. The van der Waals surface area contributed by atoms with Gasteiger partial charge in [-0.3, -0.25) is 29.5 Å². The van der Waals surface area contributed by atoms with Crippen LogP contribution in [0.5, 0.6) is 0 Å². The number of anilines is 2. The van der Waals surface area contributed by atoms with E-state index in [1.54, 1.807) is 38.9 Å². The SMILES string of the molecule is O=C(Nc1nc2ccc(NSc3cccs3)cc2s1)c1cc2n(n1)CCCN(C(=O)c1cnc(N=Nc3c(-c4ccccc4)[nH]n(-c4nc(-c5ccccc5)cs4)c3=O)s1)C2. The van der Waals surface area contributed by atoms with E-state index in [2.05, 4.69) is 46.5 Å². The molecule has 3 aromatic carbocycles. The van der Waals surface area contributed by atoms with E-state index < -0.39 is 5.56 Å². The molecular formula is C41H30N12O3S5. The third kappa shape index (κ3) is 8.18. The number of hydrogen-bond acceptors (Lipinski definition) is 15. The van der Waals surface area contributed by atoms with Gasteiger partial charge in [-0.2, -0.15) is 9.78 Å². The largest absolute Gasteiger partial charge is 0.332 e. The number of benzene rings is 3. The van der Waals surface area contributed by atoms with Crippen LogP contribution < -0.4 is 15.6 Å². The number of nitrogens with one attached hydrogen (secondary N) is 3. The molecule has 0 radical (unpaired) electrons. The summed E-state index contributed by atoms with van der Waals surface area (Å²) in [6.07, 6.45) is 2.11. The van der Waals surface area contributed by atoms with Gasteiger partial charge in [0.2, 0.25) is 10.3 Å². The Morgan fingerprint density at radius 3 is 2.52 bits per heavy atom. The number of carbonyl (C=O) groups excluding carboxylic acids is 2. The third-order valence-corrected chi connectivity index (χ3v) is 14.0. The second-order valence-electron chi connectivity index (χ2n) is 13.5. The monoisotopic (exact) mass is 898 g/mol. The summed E-state index contributed by atoms with van der Waals surface area (Å²) in [6.45, 7) is 1.28. The highest BCUT2D eigenvalue weighted by Gasteiger charge is 2.26. The van der Waals surface area contributed by atoms with E-state index in [1.807, 2.05) is 95.7 Å². The maximum atomic E-state index is 13.8. The number of thiazole rings is 3. The Kier molecular flexibility index (Phi) is 10.6. The summed E-state index contributed by atoms with van der Waals surface area (Å²) in [6, 6.07) is 30.8. The average Bonchev–Trinajstić information content (AvgIpc) is 4.16. The first-order valence-electron chi connectivity index (χ1n) is 18.8. The molecule has 0 saturated carbocycles. The quantitative estimate of drug-likeness (QED) is 0.0841. The molecule has 0 fully saturated rings. The number of azo groups is 1. The van der Waals surface area contributed by atoms with E-state index in [-0.39, 0.29) is 34.9 Å². The Balaban J connectivity index is 0.826. The Morgan fingerprint density at radius 2 is 1.70 bits per heavy atom. The van der Waals surface area contributed by atoms with Crippen LogP contribution in [0.15, 0.2) is 133 Å². The van der Waals surface area contributed by atoms with Crippen molar-refractivity contribution >= 4 is 101 Å². The molecule has 0 spiro atoms. The molecule has 3 N–H and O–H groups in total. The molecule has 0 atom stereocenters. The van der Waals surface area contributed by atoms with Crippen molar-refractivity contribution in [3.05, 3.63) is 141 Å². The lowest BCUT2D eigenvalue weighted by Gasteiger charge is -2.18. The van der Waals surface area contributed by atoms with Crippen molar-refractivity contribution in [3.8, 4) is 27.6 Å². The molecule has 1 aliphatic heterocycles. The molecule has 0 unspecified atom stereocenters. The summed E-state index contributed by atoms with van der Waals surface area (Å²) in [7, 11) is 0. The van der Waals surface area contributed by atoms with Gasteiger partial charge in [0.25, 0.3) is 11.8 Å². The first-order valence-corrected chi connectivity index (χ1v) is 23.0. The van der Waals surface area contributed by atoms with Crippen LogP contribution in [0, 0.1) is 0 Å². The van der Waals surface area contributed by atoms with Crippen LogP contribution in [-0.2, 0) is 13.1 Å². The zero-order chi connectivity index (χ0) is 41.3. The number of nitrogens with zero attached hydrogens (tertiary/aromatic N) is 9. The van der Waals surface area contributed by atoms with Gasteiger partial charge in [-0.1, -0.05) is 89.4 Å². The fourth-order valence-electron chi connectivity index (χ4n) is 6.61. The van der Waals surface area contributed by atoms with E-state index in [1.165, 1.54) is 33.6 Å². The number of H-pyrrole nitrogens is 1. The van der Waals surface area contributed by atoms with Gasteiger partial charge in [0.05, 0.1) is 44.2 Å². The molecule has 20 heteroatoms. The highest BCUT2D eigenvalue weighted by Crippen LogP contribution is 2.33. The summed E-state index contributed by atoms with van der Waals surface area (Å²) >= 11 is 7.01. The number of aromatic nitrogens is 7. The Bertz CT molecular complexity index is 3110. The maximum Gasteiger partial charge on any atom is 0.301 e. The van der Waals surface area contributed by atoms with Crippen LogP contribution >= 0.6 is 57.3 Å². The van der Waals surface area contributed by atoms with E-state index in [0.29, 0.717) is 40.3 Å². The van der Waals surface area contributed by atoms with E-state index >= 15 is 0 Å².